The molecule has 3 rings (SSSR count). The smallest absolute Gasteiger partial charge is 0.307 e. The maximum atomic E-state index is 11.0. The third-order valence-electron chi connectivity index (χ3n) is 3.75. The zero-order valence-corrected chi connectivity index (χ0v) is 13.8. The van der Waals surface area contributed by atoms with Gasteiger partial charge in [-0.2, -0.15) is 5.10 Å². The van der Waals surface area contributed by atoms with Gasteiger partial charge >= 0.3 is 5.97 Å². The number of rotatable bonds is 5. The number of anilines is 1. The molecule has 0 saturated heterocycles. The van der Waals surface area contributed by atoms with Crippen molar-refractivity contribution in [3.05, 3.63) is 71.5 Å². The molecule has 0 saturated carbocycles. The number of imidazole rings is 1. The molecule has 0 aliphatic carbocycles. The Kier molecular flexibility index (Phi) is 4.61. The van der Waals surface area contributed by atoms with E-state index in [2.05, 4.69) is 10.1 Å². The van der Waals surface area contributed by atoms with Gasteiger partial charge in [0.2, 0.25) is 5.95 Å². The first-order valence-electron chi connectivity index (χ1n) is 7.79. The van der Waals surface area contributed by atoms with Crippen LogP contribution in [0.3, 0.4) is 0 Å². The molecular weight excluding hydrogens is 316 g/mol. The first-order chi connectivity index (χ1) is 12.0. The Morgan fingerprint density at radius 1 is 1.24 bits per heavy atom. The number of hydrogen-bond donors (Lipinski definition) is 2. The molecule has 1 heterocycles. The van der Waals surface area contributed by atoms with Gasteiger partial charge in [0.1, 0.15) is 0 Å². The van der Waals surface area contributed by atoms with Crippen LogP contribution in [-0.2, 0) is 11.2 Å². The van der Waals surface area contributed by atoms with Gasteiger partial charge < -0.3 is 10.8 Å². The van der Waals surface area contributed by atoms with Crippen LogP contribution in [0.4, 0.5) is 5.95 Å². The van der Waals surface area contributed by atoms with Crippen LogP contribution in [0.1, 0.15) is 16.8 Å². The van der Waals surface area contributed by atoms with Crippen molar-refractivity contribution >= 4 is 18.1 Å². The fourth-order valence-corrected chi connectivity index (χ4v) is 2.59. The zero-order valence-electron chi connectivity index (χ0n) is 13.8. The lowest BCUT2D eigenvalue weighted by atomic mass is 9.97. The number of aryl methyl sites for hydroxylation is 1. The number of aromatic nitrogens is 2. The van der Waals surface area contributed by atoms with Crippen LogP contribution in [0.15, 0.2) is 59.8 Å². The van der Waals surface area contributed by atoms with Crippen molar-refractivity contribution in [3.8, 4) is 11.1 Å². The first-order valence-corrected chi connectivity index (χ1v) is 7.79. The second kappa shape index (κ2) is 7.00. The molecule has 0 fully saturated rings. The number of nitrogens with zero attached hydrogens (tertiary/aromatic N) is 3. The topological polar surface area (TPSA) is 93.5 Å². The van der Waals surface area contributed by atoms with Gasteiger partial charge in [-0.1, -0.05) is 48.5 Å². The minimum Gasteiger partial charge on any atom is -0.481 e. The van der Waals surface area contributed by atoms with Crippen molar-refractivity contribution in [1.82, 2.24) is 9.66 Å². The highest BCUT2D eigenvalue weighted by atomic mass is 16.4. The Hall–Kier alpha value is -3.41. The van der Waals surface area contributed by atoms with Crippen LogP contribution in [0.5, 0.6) is 0 Å². The minimum atomic E-state index is -0.843. The molecule has 126 valence electrons. The predicted molar refractivity (Wildman–Crippen MR) is 97.6 cm³/mol. The number of carboxylic acids is 1. The zero-order chi connectivity index (χ0) is 17.8. The average Bonchev–Trinajstić information content (AvgIpc) is 2.91. The van der Waals surface area contributed by atoms with Crippen molar-refractivity contribution in [2.24, 2.45) is 5.10 Å². The highest BCUT2D eigenvalue weighted by Gasteiger charge is 2.08. The van der Waals surface area contributed by atoms with E-state index in [1.54, 1.807) is 12.4 Å². The maximum absolute atomic E-state index is 11.0. The van der Waals surface area contributed by atoms with Crippen LogP contribution in [0.2, 0.25) is 0 Å². The molecule has 2 aromatic carbocycles. The Bertz CT molecular complexity index is 927. The third-order valence-corrected chi connectivity index (χ3v) is 3.75. The highest BCUT2D eigenvalue weighted by molar-refractivity contribution is 5.82. The van der Waals surface area contributed by atoms with Crippen LogP contribution in [-0.4, -0.2) is 27.0 Å². The first kappa shape index (κ1) is 16.4. The van der Waals surface area contributed by atoms with Gasteiger partial charge in [-0.25, -0.2) is 9.66 Å². The molecule has 6 nitrogen and oxygen atoms in total. The molecule has 3 aromatic rings. The summed E-state index contributed by atoms with van der Waals surface area (Å²) in [5, 5.41) is 13.3. The van der Waals surface area contributed by atoms with Crippen LogP contribution >= 0.6 is 0 Å². The summed E-state index contributed by atoms with van der Waals surface area (Å²) in [6.07, 6.45) is 3.45. The van der Waals surface area contributed by atoms with E-state index in [9.17, 15) is 4.79 Å². The summed E-state index contributed by atoms with van der Waals surface area (Å²) in [5.41, 5.74) is 10.1. The molecule has 0 spiro atoms. The molecule has 25 heavy (non-hydrogen) atoms. The monoisotopic (exact) mass is 334 g/mol. The third kappa shape index (κ3) is 3.92. The van der Waals surface area contributed by atoms with Gasteiger partial charge in [-0.05, 0) is 29.2 Å². The quantitative estimate of drug-likeness (QED) is 0.702. The number of benzene rings is 2. The van der Waals surface area contributed by atoms with Crippen molar-refractivity contribution in [1.29, 1.82) is 0 Å². The normalized spacial score (nSPS) is 11.1. The SMILES string of the molecule is Cc1cn(N=Cc2ccc(-c3ccccc3CC(=O)O)cc2)c(N)n1. The predicted octanol–water partition coefficient (Wildman–Crippen LogP) is 2.95. The second-order valence-electron chi connectivity index (χ2n) is 5.68. The fourth-order valence-electron chi connectivity index (χ4n) is 2.59. The van der Waals surface area contributed by atoms with Gasteiger partial charge in [-0.15, -0.1) is 0 Å². The molecule has 0 aliphatic rings. The standard InChI is InChI=1S/C19H18N4O2/c1-13-12-23(19(20)22-13)21-11-14-6-8-15(9-7-14)17-5-3-2-4-16(17)10-18(24)25/h2-9,11-12H,10H2,1H3,(H2,20,22)(H,24,25). The summed E-state index contributed by atoms with van der Waals surface area (Å²) >= 11 is 0. The lowest BCUT2D eigenvalue weighted by molar-refractivity contribution is -0.136. The van der Waals surface area contributed by atoms with E-state index >= 15 is 0 Å². The van der Waals surface area contributed by atoms with Crippen LogP contribution in [0.25, 0.3) is 11.1 Å². The highest BCUT2D eigenvalue weighted by Crippen LogP contribution is 2.24. The molecule has 0 radical (unpaired) electrons. The number of carboxylic acid groups (broad SMARTS) is 1. The Morgan fingerprint density at radius 3 is 2.60 bits per heavy atom. The Balaban J connectivity index is 1.83. The van der Waals surface area contributed by atoms with Crippen molar-refractivity contribution < 1.29 is 9.90 Å². The molecule has 0 unspecified atom stereocenters. The van der Waals surface area contributed by atoms with Gasteiger partial charge in [-0.3, -0.25) is 4.79 Å². The van der Waals surface area contributed by atoms with Crippen molar-refractivity contribution in [2.45, 2.75) is 13.3 Å². The lowest BCUT2D eigenvalue weighted by Crippen LogP contribution is -2.01. The molecule has 0 bridgehead atoms. The number of carbonyl (C=O) groups is 1. The van der Waals surface area contributed by atoms with E-state index in [0.717, 1.165) is 27.9 Å². The molecular formula is C19H18N4O2. The van der Waals surface area contributed by atoms with Gasteiger partial charge in [0.05, 0.1) is 24.5 Å². The molecule has 0 atom stereocenters. The summed E-state index contributed by atoms with van der Waals surface area (Å²) < 4.78 is 1.52. The molecule has 0 aliphatic heterocycles. The number of nitrogens with two attached hydrogens (primary N) is 1. The summed E-state index contributed by atoms with van der Waals surface area (Å²) in [5.74, 6) is -0.502. The van der Waals surface area contributed by atoms with Crippen LogP contribution < -0.4 is 5.73 Å². The minimum absolute atomic E-state index is 0.00135. The van der Waals surface area contributed by atoms with E-state index in [0.29, 0.717) is 5.95 Å². The largest absolute Gasteiger partial charge is 0.481 e. The molecule has 3 N–H and O–H groups in total. The average molecular weight is 334 g/mol. The lowest BCUT2D eigenvalue weighted by Gasteiger charge is -2.08. The fraction of sp³-hybridized carbons (Fsp3) is 0.105. The maximum Gasteiger partial charge on any atom is 0.307 e. The van der Waals surface area contributed by atoms with Crippen molar-refractivity contribution in [3.63, 3.8) is 0 Å². The van der Waals surface area contributed by atoms with E-state index in [1.165, 1.54) is 4.68 Å². The second-order valence-corrected chi connectivity index (χ2v) is 5.68. The van der Waals surface area contributed by atoms with Gasteiger partial charge in [0.25, 0.3) is 0 Å². The number of nitrogen functional groups attached to an aromatic ring is 1. The molecule has 6 heteroatoms. The van der Waals surface area contributed by atoms with Crippen molar-refractivity contribution in [2.75, 3.05) is 5.73 Å². The number of hydrogen-bond acceptors (Lipinski definition) is 4. The number of aliphatic carboxylic acids is 1. The van der Waals surface area contributed by atoms with Crippen LogP contribution in [0, 0.1) is 6.92 Å². The van der Waals surface area contributed by atoms with E-state index < -0.39 is 5.97 Å². The van der Waals surface area contributed by atoms with Gasteiger partial charge in [0.15, 0.2) is 0 Å². The van der Waals surface area contributed by atoms with E-state index in [1.807, 2.05) is 55.5 Å². The van der Waals surface area contributed by atoms with E-state index in [-0.39, 0.29) is 6.42 Å². The molecule has 0 amide bonds. The summed E-state index contributed by atoms with van der Waals surface area (Å²) in [6, 6.07) is 15.3. The Morgan fingerprint density at radius 2 is 1.96 bits per heavy atom. The summed E-state index contributed by atoms with van der Waals surface area (Å²) in [4.78, 5) is 15.1. The van der Waals surface area contributed by atoms with Gasteiger partial charge in [0, 0.05) is 0 Å². The summed E-state index contributed by atoms with van der Waals surface area (Å²) in [7, 11) is 0. The molecule has 1 aromatic heterocycles. The Labute approximate surface area is 145 Å². The summed E-state index contributed by atoms with van der Waals surface area (Å²) in [6.45, 7) is 1.85. The van der Waals surface area contributed by atoms with E-state index in [4.69, 9.17) is 10.8 Å².